The maximum Gasteiger partial charge on any atom is 0.310 e. The molecule has 0 radical (unpaired) electrons. The van der Waals surface area contributed by atoms with Crippen LogP contribution in [-0.4, -0.2) is 52.7 Å². The quantitative estimate of drug-likeness (QED) is 0.0562. The maximum atomic E-state index is 6.80. The van der Waals surface area contributed by atoms with Gasteiger partial charge in [0.15, 0.2) is 45.3 Å². The van der Waals surface area contributed by atoms with Crippen LogP contribution in [0, 0.1) is 0 Å². The maximum absolute atomic E-state index is 6.80. The van der Waals surface area contributed by atoms with E-state index in [1.54, 1.807) is 0 Å². The van der Waals surface area contributed by atoms with Crippen molar-refractivity contribution in [2.75, 3.05) is 0 Å². The van der Waals surface area contributed by atoms with E-state index in [2.05, 4.69) is 349 Å². The van der Waals surface area contributed by atoms with Gasteiger partial charge in [0, 0.05) is 73.6 Å². The Labute approximate surface area is 860 Å². The van der Waals surface area contributed by atoms with Gasteiger partial charge in [-0.05, 0) is 138 Å². The van der Waals surface area contributed by atoms with Gasteiger partial charge >= 0.3 is 6.69 Å². The summed E-state index contributed by atoms with van der Waals surface area (Å²) in [6.45, 7) is -2.51. The number of rotatable bonds is 15. The fraction of sp³-hybridized carbons (Fsp3) is 0. The molecule has 139 heavy (non-hydrogen) atoms. The van der Waals surface area contributed by atoms with Crippen LogP contribution >= 0.6 is 102 Å². The van der Waals surface area contributed by atoms with E-state index in [4.69, 9.17) is 50.4 Å². The highest BCUT2D eigenvalue weighted by atomic mass is 79.9. The molecule has 672 valence electrons. The summed E-state index contributed by atoms with van der Waals surface area (Å²) in [7, 11) is -5.69. The number of furan rings is 3. The first-order valence-electron chi connectivity index (χ1n) is 45.0. The normalized spacial score (nSPS) is 11.3. The molecule has 0 saturated carbocycles. The summed E-state index contributed by atoms with van der Waals surface area (Å²) in [4.78, 5) is 28.3. The number of hydrogen-bond donors (Lipinski definition) is 0. The third kappa shape index (κ3) is 20.7. The highest BCUT2D eigenvalue weighted by Gasteiger charge is 2.46. The number of hydrogen-bond acceptors (Lipinski definition) is 9. The number of fused-ring (bicyclic) bond motifs is 9. The smallest absolute Gasteiger partial charge is 0.310 e. The molecule has 5 heterocycles. The fourth-order valence-corrected chi connectivity index (χ4v) is 33.1. The first-order valence-corrected chi connectivity index (χ1v) is 57.0. The Kier molecular flexibility index (Phi) is 29.8. The molecule has 0 fully saturated rings. The van der Waals surface area contributed by atoms with Crippen molar-refractivity contribution < 1.29 is 13.3 Å². The Hall–Kier alpha value is -13.8. The van der Waals surface area contributed by atoms with Crippen LogP contribution in [0.3, 0.4) is 0 Å². The van der Waals surface area contributed by atoms with Crippen LogP contribution in [0.2, 0.25) is 0 Å². The SMILES string of the molecule is Brc1cccc(Br)c1.Brc1cccc([Si](c2ccccc2)(c2ccccc2)c2cccc3c2oc2ccccc23)c1.Brc1cccc2c1oc1ccccc12.Brc1nc(-c2ccccc2)nc(-c2ccccc2)n1.Cl[Si](Cl)(c1ccccc1)c1ccccc1.c1ccc(-c2nc(-c3ccccc3)nc(-c3cccc([Si](c4ccccc4)(c4ccccc4)c4cccc5c4oc4ccccc45)c3)n2)cc1. The zero-order chi connectivity index (χ0) is 94.9. The number of para-hydroxylation sites is 6. The van der Waals surface area contributed by atoms with Crippen molar-refractivity contribution >= 4 is 242 Å². The Bertz CT molecular complexity index is 8060. The largest absolute Gasteiger partial charge is 0.456 e. The number of aromatic nitrogens is 6. The van der Waals surface area contributed by atoms with Crippen molar-refractivity contribution in [3.63, 3.8) is 0 Å². The summed E-state index contributed by atoms with van der Waals surface area (Å²) < 4.78 is 24.0. The third-order valence-corrected chi connectivity index (χ3v) is 40.8. The third-order valence-electron chi connectivity index (χ3n) is 24.0. The molecule has 24 rings (SSSR count). The standard InChI is InChI=1S/C45H31N3OSi.C30H21BrOSi.C15H10BrN3.C12H7BrO.C12H10Cl2Si.C6H4Br2/c1-5-17-32(18-6-1)43-46-44(33-19-7-2-8-20-33)48-45(47-43)34-21-15-26-37(31-34)50(35-22-9-3-10-23-35,36-24-11-4-12-25-36)41-30-16-28-39-38-27-13-14-29-40(38)49-42(39)41;31-22-11-9-16-25(21-22)33(23-12-3-1-4-13-23,24-14-5-2-6-15-24)29-20-10-18-27-26-17-7-8-19-28(26)32-30(27)29;16-15-18-13(11-7-3-1-4-8-11)17-14(19-15)12-9-5-2-6-10-12;13-10-6-3-5-9-8-4-1-2-7-11(8)14-12(9)10;13-15(14,11-7-3-1-4-8-11)12-9-5-2-6-10-12;7-5-2-1-3-6(8)4-5/h1-31H;1-21H;1-10H;1-7H;1-10H;1-4H. The summed E-state index contributed by atoms with van der Waals surface area (Å²) in [6, 6.07) is 173. The number of halogens is 7. The van der Waals surface area contributed by atoms with E-state index in [1.807, 2.05) is 249 Å². The van der Waals surface area contributed by atoms with E-state index in [0.717, 1.165) is 111 Å². The summed E-state index contributed by atoms with van der Waals surface area (Å²) in [5.41, 5.74) is 10.4. The predicted molar refractivity (Wildman–Crippen MR) is 603 cm³/mol. The summed E-state index contributed by atoms with van der Waals surface area (Å²) in [5, 5.41) is 19.2. The van der Waals surface area contributed by atoms with Gasteiger partial charge in [-0.1, -0.05) is 497 Å². The molecule has 9 nitrogen and oxygen atoms in total. The molecule has 0 aliphatic heterocycles. The van der Waals surface area contributed by atoms with Crippen LogP contribution in [0.15, 0.2) is 539 Å². The van der Waals surface area contributed by atoms with Crippen LogP contribution in [0.5, 0.6) is 0 Å². The average Bonchev–Trinajstić information content (AvgIpc) is 1.70. The lowest BCUT2D eigenvalue weighted by atomic mass is 10.1. The minimum atomic E-state index is -3.01. The van der Waals surface area contributed by atoms with Crippen molar-refractivity contribution in [2.24, 2.45) is 0 Å². The van der Waals surface area contributed by atoms with Crippen molar-refractivity contribution in [3.05, 3.63) is 526 Å². The Morgan fingerprint density at radius 3 is 0.763 bits per heavy atom. The van der Waals surface area contributed by atoms with E-state index in [1.165, 1.54) is 52.3 Å². The molecule has 19 heteroatoms. The Balaban J connectivity index is 0.000000118. The summed E-state index contributed by atoms with van der Waals surface area (Å²) in [6.07, 6.45) is 0. The van der Waals surface area contributed by atoms with Gasteiger partial charge in [-0.3, -0.25) is 0 Å². The van der Waals surface area contributed by atoms with Crippen LogP contribution in [-0.2, 0) is 0 Å². The molecule has 0 saturated heterocycles. The van der Waals surface area contributed by atoms with Gasteiger partial charge in [0.1, 0.15) is 33.5 Å². The summed E-state index contributed by atoms with van der Waals surface area (Å²) in [5.74, 6) is 3.25. The van der Waals surface area contributed by atoms with Crippen molar-refractivity contribution in [1.29, 1.82) is 0 Å². The average molecular weight is 2210 g/mol. The molecule has 0 atom stereocenters. The van der Waals surface area contributed by atoms with Gasteiger partial charge in [0.2, 0.25) is 4.73 Å². The molecule has 24 aromatic rings. The molecule has 19 aromatic carbocycles. The molecule has 0 spiro atoms. The Morgan fingerprint density at radius 2 is 0.424 bits per heavy atom. The van der Waals surface area contributed by atoms with Crippen molar-refractivity contribution in [1.82, 2.24) is 29.9 Å². The van der Waals surface area contributed by atoms with Gasteiger partial charge in [-0.2, -0.15) is 0 Å². The molecule has 0 unspecified atom stereocenters. The minimum Gasteiger partial charge on any atom is -0.456 e. The lowest BCUT2D eigenvalue weighted by molar-refractivity contribution is 0.667. The zero-order valence-electron chi connectivity index (χ0n) is 74.5. The van der Waals surface area contributed by atoms with Crippen molar-refractivity contribution in [3.8, 4) is 56.9 Å². The minimum absolute atomic E-state index is 0.542. The van der Waals surface area contributed by atoms with Gasteiger partial charge in [-0.25, -0.2) is 29.9 Å². The lowest BCUT2D eigenvalue weighted by Crippen LogP contribution is -2.74. The zero-order valence-corrected chi connectivity index (χ0v) is 86.9. The molecular weight excluding hydrogens is 2130 g/mol. The monoisotopic (exact) mass is 2200 g/mol. The second-order valence-electron chi connectivity index (χ2n) is 32.6. The highest BCUT2D eigenvalue weighted by Crippen LogP contribution is 2.36. The van der Waals surface area contributed by atoms with Crippen LogP contribution in [0.1, 0.15) is 0 Å². The van der Waals surface area contributed by atoms with Gasteiger partial charge in [0.05, 0.1) is 4.47 Å². The van der Waals surface area contributed by atoms with E-state index in [-0.39, 0.29) is 0 Å². The van der Waals surface area contributed by atoms with Crippen LogP contribution < -0.4 is 51.9 Å². The second-order valence-corrected chi connectivity index (χ2v) is 50.7. The Morgan fingerprint density at radius 1 is 0.187 bits per heavy atom. The topological polar surface area (TPSA) is 117 Å². The second kappa shape index (κ2) is 43.9. The summed E-state index contributed by atoms with van der Waals surface area (Å²) >= 11 is 30.2. The van der Waals surface area contributed by atoms with Crippen molar-refractivity contribution in [2.45, 2.75) is 0 Å². The highest BCUT2D eigenvalue weighted by molar-refractivity contribution is 9.11. The van der Waals surface area contributed by atoms with E-state index >= 15 is 0 Å². The van der Waals surface area contributed by atoms with Crippen LogP contribution in [0.4, 0.5) is 0 Å². The molecular formula is C120H83Br5Cl2N6O3Si3. The van der Waals surface area contributed by atoms with Gasteiger partial charge in [-0.15, -0.1) is 22.2 Å². The van der Waals surface area contributed by atoms with Gasteiger partial charge in [0.25, 0.3) is 0 Å². The van der Waals surface area contributed by atoms with E-state index in [0.29, 0.717) is 33.9 Å². The number of benzene rings is 19. The molecule has 5 aromatic heterocycles. The number of nitrogens with zero attached hydrogens (tertiary/aromatic N) is 6. The molecule has 0 amide bonds. The fourth-order valence-electron chi connectivity index (χ4n) is 17.7. The van der Waals surface area contributed by atoms with Gasteiger partial charge < -0.3 is 13.3 Å². The molecule has 0 bridgehead atoms. The van der Waals surface area contributed by atoms with E-state index < -0.39 is 22.8 Å². The molecule has 0 aliphatic rings. The lowest BCUT2D eigenvalue weighted by Gasteiger charge is -2.34. The van der Waals surface area contributed by atoms with E-state index in [9.17, 15) is 0 Å². The molecule has 0 aliphatic carbocycles. The predicted octanol–water partition coefficient (Wildman–Crippen LogP) is 28.1. The first kappa shape index (κ1) is 94.2. The van der Waals surface area contributed by atoms with Crippen LogP contribution in [0.25, 0.3) is 123 Å². The molecule has 0 N–H and O–H groups in total. The first-order chi connectivity index (χ1) is 68.3.